The number of alkyl halides is 3. The van der Waals surface area contributed by atoms with E-state index < -0.39 is 17.3 Å². The van der Waals surface area contributed by atoms with E-state index in [4.69, 9.17) is 5.26 Å². The summed E-state index contributed by atoms with van der Waals surface area (Å²) in [6.07, 6.45) is -4.63. The van der Waals surface area contributed by atoms with Gasteiger partial charge in [0.25, 0.3) is 0 Å². The summed E-state index contributed by atoms with van der Waals surface area (Å²) in [5.74, 6) is -0.378. The van der Waals surface area contributed by atoms with E-state index in [1.54, 1.807) is 0 Å². The van der Waals surface area contributed by atoms with Crippen LogP contribution in [0.4, 0.5) is 13.2 Å². The van der Waals surface area contributed by atoms with Crippen LogP contribution in [0.2, 0.25) is 0 Å². The van der Waals surface area contributed by atoms with E-state index in [9.17, 15) is 13.2 Å². The van der Waals surface area contributed by atoms with Crippen LogP contribution in [0.25, 0.3) is 0 Å². The quantitative estimate of drug-likeness (QED) is 0.756. The summed E-state index contributed by atoms with van der Waals surface area (Å²) in [4.78, 5) is -0.0226. The van der Waals surface area contributed by atoms with Crippen LogP contribution < -0.4 is 4.74 Å². The smallest absolute Gasteiger partial charge is 0.421 e. The van der Waals surface area contributed by atoms with Gasteiger partial charge in [-0.05, 0) is 12.1 Å². The number of benzene rings is 1. The molecular weight excluding hydrogens is 227 g/mol. The van der Waals surface area contributed by atoms with Crippen LogP contribution in [0, 0.1) is 11.3 Å². The molecule has 1 aromatic carbocycles. The summed E-state index contributed by atoms with van der Waals surface area (Å²) in [5, 5.41) is 8.63. The fraction of sp³-hybridized carbons (Fsp3) is 0.222. The maximum atomic E-state index is 12.6. The molecule has 80 valence electrons. The zero-order valence-electron chi connectivity index (χ0n) is 7.59. The van der Waals surface area contributed by atoms with Crippen molar-refractivity contribution in [3.8, 4) is 11.8 Å². The molecule has 0 amide bonds. The number of thiol groups is 1. The molecule has 6 heteroatoms. The number of halogens is 3. The van der Waals surface area contributed by atoms with Crippen LogP contribution in [-0.4, -0.2) is 7.11 Å². The second-order valence-electron chi connectivity index (χ2n) is 2.65. The van der Waals surface area contributed by atoms with Crippen LogP contribution in [0.1, 0.15) is 11.1 Å². The van der Waals surface area contributed by atoms with E-state index >= 15 is 0 Å². The van der Waals surface area contributed by atoms with Crippen LogP contribution in [0.3, 0.4) is 0 Å². The van der Waals surface area contributed by atoms with Crippen molar-refractivity contribution in [2.45, 2.75) is 11.1 Å². The Labute approximate surface area is 89.7 Å². The van der Waals surface area contributed by atoms with Crippen LogP contribution in [-0.2, 0) is 6.18 Å². The SMILES string of the molecule is COc1ccc(S)c(C#N)c1C(F)(F)F. The first-order valence-corrected chi connectivity index (χ1v) is 4.23. The summed E-state index contributed by atoms with van der Waals surface area (Å²) in [5.41, 5.74) is -1.61. The molecule has 0 heterocycles. The fourth-order valence-electron chi connectivity index (χ4n) is 1.14. The second-order valence-corrected chi connectivity index (χ2v) is 3.13. The molecule has 0 aromatic heterocycles. The molecule has 0 unspecified atom stereocenters. The molecule has 0 aliphatic rings. The molecule has 2 nitrogen and oxygen atoms in total. The average molecular weight is 233 g/mol. The molecule has 0 aliphatic heterocycles. The summed E-state index contributed by atoms with van der Waals surface area (Å²) < 4.78 is 42.4. The van der Waals surface area contributed by atoms with Gasteiger partial charge in [0, 0.05) is 4.90 Å². The highest BCUT2D eigenvalue weighted by Crippen LogP contribution is 2.40. The molecular formula is C9H6F3NOS. The Morgan fingerprint density at radius 2 is 2.00 bits per heavy atom. The number of methoxy groups -OCH3 is 1. The fourth-order valence-corrected chi connectivity index (χ4v) is 1.37. The van der Waals surface area contributed by atoms with Crippen molar-refractivity contribution in [3.63, 3.8) is 0 Å². The molecule has 0 radical (unpaired) electrons. The first-order valence-electron chi connectivity index (χ1n) is 3.79. The van der Waals surface area contributed by atoms with Gasteiger partial charge in [-0.1, -0.05) is 0 Å². The van der Waals surface area contributed by atoms with Gasteiger partial charge >= 0.3 is 6.18 Å². The lowest BCUT2D eigenvalue weighted by molar-refractivity contribution is -0.139. The van der Waals surface area contributed by atoms with Gasteiger partial charge in [0.2, 0.25) is 0 Å². The summed E-state index contributed by atoms with van der Waals surface area (Å²) in [6.45, 7) is 0. The summed E-state index contributed by atoms with van der Waals surface area (Å²) >= 11 is 3.79. The van der Waals surface area contributed by atoms with Gasteiger partial charge < -0.3 is 4.74 Å². The van der Waals surface area contributed by atoms with Gasteiger partial charge in [-0.3, -0.25) is 0 Å². The Hall–Kier alpha value is -1.35. The van der Waals surface area contributed by atoms with E-state index in [0.29, 0.717) is 0 Å². The molecule has 0 bridgehead atoms. The number of ether oxygens (including phenoxy) is 1. The minimum absolute atomic E-state index is 0.0226. The summed E-state index contributed by atoms with van der Waals surface area (Å²) in [6, 6.07) is 3.89. The van der Waals surface area contributed by atoms with E-state index in [-0.39, 0.29) is 10.6 Å². The maximum absolute atomic E-state index is 12.6. The number of nitriles is 1. The predicted octanol–water partition coefficient (Wildman–Crippen LogP) is 2.87. The lowest BCUT2D eigenvalue weighted by atomic mass is 10.1. The number of rotatable bonds is 1. The van der Waals surface area contributed by atoms with Crippen molar-refractivity contribution < 1.29 is 17.9 Å². The largest absolute Gasteiger partial charge is 0.496 e. The maximum Gasteiger partial charge on any atom is 0.421 e. The third kappa shape index (κ3) is 2.18. The van der Waals surface area contributed by atoms with E-state index in [0.717, 1.165) is 13.2 Å². The van der Waals surface area contributed by atoms with E-state index in [2.05, 4.69) is 17.4 Å². The van der Waals surface area contributed by atoms with Crippen molar-refractivity contribution in [1.82, 2.24) is 0 Å². The van der Waals surface area contributed by atoms with E-state index in [1.807, 2.05) is 0 Å². The normalized spacial score (nSPS) is 10.9. The van der Waals surface area contributed by atoms with Gasteiger partial charge in [0.05, 0.1) is 12.7 Å². The molecule has 0 aliphatic carbocycles. The van der Waals surface area contributed by atoms with Gasteiger partial charge in [-0.25, -0.2) is 0 Å². The average Bonchev–Trinajstić information content (AvgIpc) is 2.15. The molecule has 1 aromatic rings. The zero-order chi connectivity index (χ0) is 11.6. The number of hydrogen-bond acceptors (Lipinski definition) is 3. The lowest BCUT2D eigenvalue weighted by Gasteiger charge is -2.14. The van der Waals surface area contributed by atoms with Gasteiger partial charge in [-0.2, -0.15) is 18.4 Å². The Bertz CT molecular complexity index is 423. The molecule has 1 rings (SSSR count). The second kappa shape index (κ2) is 4.03. The minimum atomic E-state index is -4.63. The Morgan fingerprint density at radius 3 is 2.40 bits per heavy atom. The monoisotopic (exact) mass is 233 g/mol. The molecule has 0 saturated carbocycles. The van der Waals surface area contributed by atoms with Crippen molar-refractivity contribution in [2.24, 2.45) is 0 Å². The van der Waals surface area contributed by atoms with Crippen molar-refractivity contribution in [2.75, 3.05) is 7.11 Å². The molecule has 0 fully saturated rings. The highest BCUT2D eigenvalue weighted by atomic mass is 32.1. The standard InChI is InChI=1S/C9H6F3NOS/c1-14-6-2-3-7(15)5(4-13)8(6)9(10,11)12/h2-3,15H,1H3. The third-order valence-electron chi connectivity index (χ3n) is 1.76. The predicted molar refractivity (Wildman–Crippen MR) is 50.0 cm³/mol. The van der Waals surface area contributed by atoms with Crippen molar-refractivity contribution in [3.05, 3.63) is 23.3 Å². The van der Waals surface area contributed by atoms with Gasteiger partial charge in [0.1, 0.15) is 17.4 Å². The zero-order valence-corrected chi connectivity index (χ0v) is 8.49. The van der Waals surface area contributed by atoms with Crippen LogP contribution >= 0.6 is 12.6 Å². The van der Waals surface area contributed by atoms with Crippen molar-refractivity contribution in [1.29, 1.82) is 5.26 Å². The summed E-state index contributed by atoms with van der Waals surface area (Å²) in [7, 11) is 1.11. The van der Waals surface area contributed by atoms with Gasteiger partial charge in [0.15, 0.2) is 0 Å². The molecule has 0 saturated heterocycles. The lowest BCUT2D eigenvalue weighted by Crippen LogP contribution is -2.10. The highest BCUT2D eigenvalue weighted by molar-refractivity contribution is 7.80. The first kappa shape index (κ1) is 11.7. The topological polar surface area (TPSA) is 33.0 Å². The first-order chi connectivity index (χ1) is 6.91. The van der Waals surface area contributed by atoms with E-state index in [1.165, 1.54) is 12.1 Å². The minimum Gasteiger partial charge on any atom is -0.496 e. The molecule has 15 heavy (non-hydrogen) atoms. The Kier molecular flexibility index (Phi) is 3.15. The molecule has 0 atom stereocenters. The van der Waals surface area contributed by atoms with Crippen LogP contribution in [0.15, 0.2) is 17.0 Å². The Balaban J connectivity index is 3.57. The highest BCUT2D eigenvalue weighted by Gasteiger charge is 2.38. The number of hydrogen-bond donors (Lipinski definition) is 1. The van der Waals surface area contributed by atoms with Gasteiger partial charge in [-0.15, -0.1) is 12.6 Å². The number of nitrogens with zero attached hydrogens (tertiary/aromatic N) is 1. The molecule has 0 spiro atoms. The Morgan fingerprint density at radius 1 is 1.40 bits per heavy atom. The van der Waals surface area contributed by atoms with Crippen molar-refractivity contribution >= 4 is 12.6 Å². The molecule has 0 N–H and O–H groups in total. The van der Waals surface area contributed by atoms with Crippen LogP contribution in [0.5, 0.6) is 5.75 Å². The third-order valence-corrected chi connectivity index (χ3v) is 2.13.